The van der Waals surface area contributed by atoms with Crippen LogP contribution in [0.1, 0.15) is 36.0 Å². The van der Waals surface area contributed by atoms with E-state index < -0.39 is 5.91 Å². The van der Waals surface area contributed by atoms with Crippen molar-refractivity contribution in [1.29, 1.82) is 0 Å². The lowest BCUT2D eigenvalue weighted by Crippen LogP contribution is -2.29. The Morgan fingerprint density at radius 1 is 1.11 bits per heavy atom. The molecule has 5 N–H and O–H groups in total. The van der Waals surface area contributed by atoms with Crippen LogP contribution in [-0.4, -0.2) is 37.8 Å². The summed E-state index contributed by atoms with van der Waals surface area (Å²) in [6.45, 7) is 0. The van der Waals surface area contributed by atoms with Crippen molar-refractivity contribution in [2.75, 3.05) is 10.6 Å². The van der Waals surface area contributed by atoms with Crippen LogP contribution in [0.5, 0.6) is 0 Å². The maximum Gasteiger partial charge on any atom is 0.248 e. The van der Waals surface area contributed by atoms with E-state index in [-0.39, 0.29) is 6.10 Å². The molecule has 1 fully saturated rings. The highest BCUT2D eigenvalue weighted by atomic mass is 16.3. The number of carbonyl (C=O) groups excluding carboxylic acids is 1. The molecule has 0 aliphatic heterocycles. The summed E-state index contributed by atoms with van der Waals surface area (Å²) < 4.78 is 1.77. The molecule has 0 radical (unpaired) electrons. The number of nitrogens with two attached hydrogens (primary N) is 1. The van der Waals surface area contributed by atoms with Crippen molar-refractivity contribution in [3.05, 3.63) is 48.0 Å². The number of hydrogen-bond acceptors (Lipinski definition) is 6. The second-order valence-electron chi connectivity index (χ2n) is 6.83. The van der Waals surface area contributed by atoms with E-state index in [2.05, 4.69) is 20.7 Å². The van der Waals surface area contributed by atoms with Gasteiger partial charge in [-0.05, 0) is 62.1 Å². The predicted molar refractivity (Wildman–Crippen MR) is 103 cm³/mol. The molecule has 0 bridgehead atoms. The molecule has 1 saturated carbocycles. The van der Waals surface area contributed by atoms with Gasteiger partial charge < -0.3 is 21.5 Å². The van der Waals surface area contributed by atoms with Crippen LogP contribution in [0.25, 0.3) is 5.65 Å². The molecular formula is C19H22N6O2. The SMILES string of the molecule is NC(=O)c1ccc(Nc2nc3cccc(N[C@H]4CC[C@@H](O)CC4)n3n2)cc1. The molecule has 3 aromatic rings. The van der Waals surface area contributed by atoms with Gasteiger partial charge in [0.1, 0.15) is 5.82 Å². The van der Waals surface area contributed by atoms with Gasteiger partial charge in [-0.2, -0.15) is 9.50 Å². The summed E-state index contributed by atoms with van der Waals surface area (Å²) in [6, 6.07) is 13.0. The van der Waals surface area contributed by atoms with Crippen molar-refractivity contribution in [3.63, 3.8) is 0 Å². The number of fused-ring (bicyclic) bond motifs is 1. The molecule has 0 unspecified atom stereocenters. The third kappa shape index (κ3) is 3.85. The number of aromatic nitrogens is 3. The summed E-state index contributed by atoms with van der Waals surface area (Å²) in [7, 11) is 0. The topological polar surface area (TPSA) is 118 Å². The van der Waals surface area contributed by atoms with Crippen LogP contribution in [0, 0.1) is 0 Å². The first kappa shape index (κ1) is 17.3. The monoisotopic (exact) mass is 366 g/mol. The highest BCUT2D eigenvalue weighted by molar-refractivity contribution is 5.93. The van der Waals surface area contributed by atoms with E-state index in [1.165, 1.54) is 0 Å². The van der Waals surface area contributed by atoms with Crippen molar-refractivity contribution >= 4 is 29.0 Å². The zero-order valence-electron chi connectivity index (χ0n) is 14.8. The molecule has 140 valence electrons. The number of carbonyl (C=O) groups is 1. The van der Waals surface area contributed by atoms with Gasteiger partial charge in [-0.3, -0.25) is 4.79 Å². The molecule has 0 atom stereocenters. The van der Waals surface area contributed by atoms with E-state index in [9.17, 15) is 9.90 Å². The zero-order valence-corrected chi connectivity index (χ0v) is 14.8. The Labute approximate surface area is 156 Å². The molecular weight excluding hydrogens is 344 g/mol. The predicted octanol–water partition coefficient (Wildman–Crippen LogP) is 2.29. The number of amides is 1. The number of hydrogen-bond donors (Lipinski definition) is 4. The lowest BCUT2D eigenvalue weighted by Gasteiger charge is -2.26. The number of anilines is 3. The van der Waals surface area contributed by atoms with Gasteiger partial charge in [0.15, 0.2) is 5.65 Å². The fourth-order valence-corrected chi connectivity index (χ4v) is 3.34. The molecule has 27 heavy (non-hydrogen) atoms. The summed E-state index contributed by atoms with van der Waals surface area (Å²) in [4.78, 5) is 15.7. The Bertz CT molecular complexity index is 944. The minimum Gasteiger partial charge on any atom is -0.393 e. The second kappa shape index (κ2) is 7.24. The summed E-state index contributed by atoms with van der Waals surface area (Å²) in [6.07, 6.45) is 3.33. The smallest absolute Gasteiger partial charge is 0.248 e. The van der Waals surface area contributed by atoms with Crippen LogP contribution < -0.4 is 16.4 Å². The van der Waals surface area contributed by atoms with E-state index in [1.807, 2.05) is 18.2 Å². The third-order valence-electron chi connectivity index (χ3n) is 4.83. The van der Waals surface area contributed by atoms with Gasteiger partial charge in [-0.1, -0.05) is 6.07 Å². The minimum absolute atomic E-state index is 0.179. The Morgan fingerprint density at radius 3 is 2.56 bits per heavy atom. The summed E-state index contributed by atoms with van der Waals surface area (Å²) in [5.74, 6) is 0.881. The number of pyridine rings is 1. The number of nitrogens with zero attached hydrogens (tertiary/aromatic N) is 3. The quantitative estimate of drug-likeness (QED) is 0.550. The van der Waals surface area contributed by atoms with E-state index in [0.717, 1.165) is 42.8 Å². The highest BCUT2D eigenvalue weighted by Gasteiger charge is 2.20. The summed E-state index contributed by atoms with van der Waals surface area (Å²) >= 11 is 0. The van der Waals surface area contributed by atoms with Gasteiger partial charge >= 0.3 is 0 Å². The molecule has 8 nitrogen and oxygen atoms in total. The van der Waals surface area contributed by atoms with Crippen LogP contribution in [-0.2, 0) is 0 Å². The van der Waals surface area contributed by atoms with Crippen LogP contribution in [0.2, 0.25) is 0 Å². The fourth-order valence-electron chi connectivity index (χ4n) is 3.34. The average Bonchev–Trinajstić information content (AvgIpc) is 3.07. The molecule has 1 amide bonds. The number of aliphatic hydroxyl groups excluding tert-OH is 1. The molecule has 2 aromatic heterocycles. The Kier molecular flexibility index (Phi) is 4.64. The number of benzene rings is 1. The first-order chi connectivity index (χ1) is 13.1. The van der Waals surface area contributed by atoms with Crippen molar-refractivity contribution in [3.8, 4) is 0 Å². The van der Waals surface area contributed by atoms with E-state index in [4.69, 9.17) is 5.73 Å². The first-order valence-corrected chi connectivity index (χ1v) is 9.06. The maximum atomic E-state index is 11.2. The number of rotatable bonds is 5. The van der Waals surface area contributed by atoms with Gasteiger partial charge in [0.25, 0.3) is 0 Å². The molecule has 8 heteroatoms. The van der Waals surface area contributed by atoms with Gasteiger partial charge in [0.05, 0.1) is 6.10 Å². The van der Waals surface area contributed by atoms with Gasteiger partial charge in [0.2, 0.25) is 11.9 Å². The van der Waals surface area contributed by atoms with Gasteiger partial charge in [0, 0.05) is 17.3 Å². The Morgan fingerprint density at radius 2 is 1.85 bits per heavy atom. The summed E-state index contributed by atoms with van der Waals surface area (Å²) in [5, 5.41) is 20.9. The number of primary amides is 1. The normalized spacial score (nSPS) is 19.7. The van der Waals surface area contributed by atoms with E-state index in [1.54, 1.807) is 28.8 Å². The van der Waals surface area contributed by atoms with Crippen molar-refractivity contribution in [1.82, 2.24) is 14.6 Å². The maximum absolute atomic E-state index is 11.2. The molecule has 1 aliphatic rings. The van der Waals surface area contributed by atoms with Crippen molar-refractivity contribution in [2.45, 2.75) is 37.8 Å². The molecule has 2 heterocycles. The largest absolute Gasteiger partial charge is 0.393 e. The Balaban J connectivity index is 1.52. The molecule has 1 aromatic carbocycles. The van der Waals surface area contributed by atoms with Crippen molar-refractivity contribution < 1.29 is 9.90 Å². The van der Waals surface area contributed by atoms with E-state index >= 15 is 0 Å². The molecule has 1 aliphatic carbocycles. The lowest BCUT2D eigenvalue weighted by atomic mass is 9.93. The number of nitrogens with one attached hydrogen (secondary N) is 2. The number of aliphatic hydroxyl groups is 1. The van der Waals surface area contributed by atoms with Crippen LogP contribution in [0.15, 0.2) is 42.5 Å². The molecule has 0 spiro atoms. The summed E-state index contributed by atoms with van der Waals surface area (Å²) in [5.41, 5.74) is 7.21. The minimum atomic E-state index is -0.460. The third-order valence-corrected chi connectivity index (χ3v) is 4.83. The van der Waals surface area contributed by atoms with Crippen LogP contribution in [0.3, 0.4) is 0 Å². The van der Waals surface area contributed by atoms with Crippen molar-refractivity contribution in [2.24, 2.45) is 5.73 Å². The fraction of sp³-hybridized carbons (Fsp3) is 0.316. The van der Waals surface area contributed by atoms with Gasteiger partial charge in [-0.25, -0.2) is 0 Å². The van der Waals surface area contributed by atoms with Crippen LogP contribution in [0.4, 0.5) is 17.5 Å². The standard InChI is InChI=1S/C19H22N6O2/c20-18(27)12-4-6-14(7-5-12)22-19-23-17-3-1-2-16(25(17)24-19)21-13-8-10-15(26)11-9-13/h1-7,13,15,21,26H,8-11H2,(H2,20,27)(H,22,24)/t13-,15+. The second-order valence-corrected chi connectivity index (χ2v) is 6.83. The first-order valence-electron chi connectivity index (χ1n) is 9.06. The van der Waals surface area contributed by atoms with E-state index in [0.29, 0.717) is 17.6 Å². The molecule has 4 rings (SSSR count). The lowest BCUT2D eigenvalue weighted by molar-refractivity contribution is 0.1000. The van der Waals surface area contributed by atoms with Crippen LogP contribution >= 0.6 is 0 Å². The zero-order chi connectivity index (χ0) is 18.8. The Hall–Kier alpha value is -3.13. The highest BCUT2D eigenvalue weighted by Crippen LogP contribution is 2.23. The van der Waals surface area contributed by atoms with Gasteiger partial charge in [-0.15, -0.1) is 5.10 Å². The molecule has 0 saturated heterocycles. The average molecular weight is 366 g/mol.